The fourth-order valence-corrected chi connectivity index (χ4v) is 3.47. The van der Waals surface area contributed by atoms with Crippen molar-refractivity contribution < 1.29 is 28.4 Å². The molecular weight excluding hydrogens is 378 g/mol. The standard InChI is InChI=1S/C22H22F2N2O3/c1-25(2)12-3-13-26-19(14-4-8-16(23)9-5-14)18(21(28)22(26)29)20(27)15-6-10-17(24)11-7-15/h4-11,19,27H,3,12-13H2,1-2H3/p+1/b20-18+/t19-/m0/s1. The molecule has 0 aromatic heterocycles. The molecule has 1 aliphatic heterocycles. The van der Waals surface area contributed by atoms with Crippen LogP contribution in [0.2, 0.25) is 0 Å². The molecule has 1 saturated heterocycles. The minimum absolute atomic E-state index is 0.0783. The molecule has 2 N–H and O–H groups in total. The molecule has 0 saturated carbocycles. The van der Waals surface area contributed by atoms with Gasteiger partial charge in [-0.2, -0.15) is 0 Å². The summed E-state index contributed by atoms with van der Waals surface area (Å²) in [7, 11) is 3.97. The average molecular weight is 401 g/mol. The SMILES string of the molecule is C[NH+](C)CCCN1C(=O)C(=O)/C(=C(/O)c2ccc(F)cc2)[C@@H]1c1ccc(F)cc1. The zero-order chi connectivity index (χ0) is 21.1. The number of aliphatic hydroxyl groups is 1. The van der Waals surface area contributed by atoms with E-state index in [0.29, 0.717) is 18.5 Å². The summed E-state index contributed by atoms with van der Waals surface area (Å²) < 4.78 is 26.7. The fourth-order valence-electron chi connectivity index (χ4n) is 3.47. The molecule has 3 rings (SSSR count). The molecular formula is C22H23F2N2O3+. The highest BCUT2D eigenvalue weighted by atomic mass is 19.1. The second-order valence-electron chi connectivity index (χ2n) is 7.36. The minimum Gasteiger partial charge on any atom is -0.507 e. The molecule has 1 heterocycles. The van der Waals surface area contributed by atoms with E-state index in [0.717, 1.165) is 18.7 Å². The number of carbonyl (C=O) groups excluding carboxylic acids is 2. The number of hydrogen-bond donors (Lipinski definition) is 2. The van der Waals surface area contributed by atoms with Gasteiger partial charge in [0.05, 0.1) is 32.3 Å². The van der Waals surface area contributed by atoms with Crippen molar-refractivity contribution in [3.8, 4) is 0 Å². The predicted octanol–water partition coefficient (Wildman–Crippen LogP) is 1.92. The lowest BCUT2D eigenvalue weighted by Crippen LogP contribution is -3.05. The third kappa shape index (κ3) is 4.35. The number of ketones is 1. The first kappa shape index (κ1) is 20.7. The van der Waals surface area contributed by atoms with Crippen LogP contribution in [0, 0.1) is 11.6 Å². The summed E-state index contributed by atoms with van der Waals surface area (Å²) in [5.41, 5.74) is 0.672. The quantitative estimate of drug-likeness (QED) is 0.442. The monoisotopic (exact) mass is 401 g/mol. The van der Waals surface area contributed by atoms with Crippen LogP contribution in [-0.2, 0) is 9.59 Å². The molecule has 1 amide bonds. The number of hydrogen-bond acceptors (Lipinski definition) is 3. The molecule has 2 aromatic carbocycles. The number of likely N-dealkylation sites (tertiary alicyclic amines) is 1. The molecule has 1 atom stereocenters. The van der Waals surface area contributed by atoms with E-state index in [2.05, 4.69) is 0 Å². The Morgan fingerprint density at radius 3 is 2.10 bits per heavy atom. The van der Waals surface area contributed by atoms with Gasteiger partial charge in [0.25, 0.3) is 11.7 Å². The molecule has 0 spiro atoms. The Kier molecular flexibility index (Phi) is 6.08. The number of rotatable bonds is 6. The van der Waals surface area contributed by atoms with Crippen molar-refractivity contribution in [1.29, 1.82) is 0 Å². The van der Waals surface area contributed by atoms with E-state index in [1.807, 2.05) is 14.1 Å². The molecule has 2 aromatic rings. The lowest BCUT2D eigenvalue weighted by atomic mass is 9.95. The average Bonchev–Trinajstić information content (AvgIpc) is 2.93. The molecule has 0 bridgehead atoms. The van der Waals surface area contributed by atoms with Crippen LogP contribution in [0.1, 0.15) is 23.6 Å². The lowest BCUT2D eigenvalue weighted by Gasteiger charge is -2.25. The van der Waals surface area contributed by atoms with E-state index in [9.17, 15) is 23.5 Å². The van der Waals surface area contributed by atoms with Crippen molar-refractivity contribution in [3.05, 3.63) is 76.9 Å². The summed E-state index contributed by atoms with van der Waals surface area (Å²) >= 11 is 0. The highest BCUT2D eigenvalue weighted by Gasteiger charge is 2.45. The predicted molar refractivity (Wildman–Crippen MR) is 104 cm³/mol. The topological polar surface area (TPSA) is 62.0 Å². The maximum atomic E-state index is 13.4. The highest BCUT2D eigenvalue weighted by Crippen LogP contribution is 2.39. The van der Waals surface area contributed by atoms with Crippen LogP contribution in [0.25, 0.3) is 5.76 Å². The number of nitrogens with one attached hydrogen (secondary N) is 1. The number of nitrogens with zero attached hydrogens (tertiary/aromatic N) is 1. The number of Topliss-reactive ketones (excluding diaryl/α,β-unsaturated/α-hetero) is 1. The second-order valence-corrected chi connectivity index (χ2v) is 7.36. The largest absolute Gasteiger partial charge is 0.507 e. The third-order valence-corrected chi connectivity index (χ3v) is 4.92. The number of aliphatic hydroxyl groups excluding tert-OH is 1. The van der Waals surface area contributed by atoms with E-state index in [-0.39, 0.29) is 16.9 Å². The van der Waals surface area contributed by atoms with Crippen LogP contribution < -0.4 is 4.90 Å². The normalized spacial score (nSPS) is 18.7. The van der Waals surface area contributed by atoms with Crippen molar-refractivity contribution in [2.24, 2.45) is 0 Å². The first-order chi connectivity index (χ1) is 13.8. The van der Waals surface area contributed by atoms with Crippen molar-refractivity contribution in [2.45, 2.75) is 12.5 Å². The van der Waals surface area contributed by atoms with Crippen LogP contribution in [0.15, 0.2) is 54.1 Å². The van der Waals surface area contributed by atoms with Gasteiger partial charge in [-0.25, -0.2) is 8.78 Å². The summed E-state index contributed by atoms with van der Waals surface area (Å²) in [4.78, 5) is 28.1. The van der Waals surface area contributed by atoms with Crippen LogP contribution in [0.3, 0.4) is 0 Å². The van der Waals surface area contributed by atoms with Crippen molar-refractivity contribution in [3.63, 3.8) is 0 Å². The van der Waals surface area contributed by atoms with Gasteiger partial charge in [-0.3, -0.25) is 9.59 Å². The van der Waals surface area contributed by atoms with Crippen molar-refractivity contribution >= 4 is 17.4 Å². The van der Waals surface area contributed by atoms with Crippen LogP contribution >= 0.6 is 0 Å². The van der Waals surface area contributed by atoms with Gasteiger partial charge in [0.15, 0.2) is 0 Å². The van der Waals surface area contributed by atoms with Crippen LogP contribution in [0.4, 0.5) is 8.78 Å². The number of benzene rings is 2. The molecule has 1 fully saturated rings. The van der Waals surface area contributed by atoms with E-state index < -0.39 is 29.4 Å². The molecule has 7 heteroatoms. The van der Waals surface area contributed by atoms with E-state index in [1.54, 1.807) is 0 Å². The maximum absolute atomic E-state index is 13.4. The Bertz CT molecular complexity index is 938. The van der Waals surface area contributed by atoms with E-state index in [1.165, 1.54) is 46.2 Å². The van der Waals surface area contributed by atoms with Gasteiger partial charge in [-0.15, -0.1) is 0 Å². The Morgan fingerprint density at radius 2 is 1.55 bits per heavy atom. The third-order valence-electron chi connectivity index (χ3n) is 4.92. The van der Waals surface area contributed by atoms with Gasteiger partial charge in [-0.05, 0) is 42.0 Å². The fraction of sp³-hybridized carbons (Fsp3) is 0.273. The molecule has 152 valence electrons. The summed E-state index contributed by atoms with van der Waals surface area (Å²) in [6.45, 7) is 1.11. The number of amides is 1. The first-order valence-electron chi connectivity index (χ1n) is 9.38. The number of carbonyl (C=O) groups is 2. The smallest absolute Gasteiger partial charge is 0.295 e. The summed E-state index contributed by atoms with van der Waals surface area (Å²) in [6, 6.07) is 9.66. The molecule has 5 nitrogen and oxygen atoms in total. The van der Waals surface area contributed by atoms with Crippen molar-refractivity contribution in [1.82, 2.24) is 4.90 Å². The number of quaternary nitrogens is 1. The van der Waals surface area contributed by atoms with Crippen molar-refractivity contribution in [2.75, 3.05) is 27.2 Å². The summed E-state index contributed by atoms with van der Waals surface area (Å²) in [5, 5.41) is 10.8. The Labute approximate surface area is 167 Å². The molecule has 29 heavy (non-hydrogen) atoms. The molecule has 0 aliphatic carbocycles. The maximum Gasteiger partial charge on any atom is 0.295 e. The van der Waals surface area contributed by atoms with Gasteiger partial charge in [-0.1, -0.05) is 12.1 Å². The van der Waals surface area contributed by atoms with E-state index >= 15 is 0 Å². The van der Waals surface area contributed by atoms with E-state index in [4.69, 9.17) is 0 Å². The van der Waals surface area contributed by atoms with Gasteiger partial charge in [0.1, 0.15) is 17.4 Å². The molecule has 1 aliphatic rings. The van der Waals surface area contributed by atoms with Crippen LogP contribution in [-0.4, -0.2) is 48.9 Å². The van der Waals surface area contributed by atoms with Gasteiger partial charge in [0, 0.05) is 18.5 Å². The summed E-state index contributed by atoms with van der Waals surface area (Å²) in [6.07, 6.45) is 0.656. The first-order valence-corrected chi connectivity index (χ1v) is 9.38. The highest BCUT2D eigenvalue weighted by molar-refractivity contribution is 6.46. The number of halogens is 2. The zero-order valence-corrected chi connectivity index (χ0v) is 16.3. The summed E-state index contributed by atoms with van der Waals surface area (Å²) in [5.74, 6) is -2.82. The second kappa shape index (κ2) is 8.53. The Hall–Kier alpha value is -3.06. The Morgan fingerprint density at radius 1 is 1.00 bits per heavy atom. The molecule has 0 radical (unpaired) electrons. The lowest BCUT2D eigenvalue weighted by molar-refractivity contribution is -0.858. The Balaban J connectivity index is 2.07. The molecule has 0 unspecified atom stereocenters. The van der Waals surface area contributed by atoms with Gasteiger partial charge >= 0.3 is 0 Å². The zero-order valence-electron chi connectivity index (χ0n) is 16.3. The minimum atomic E-state index is -0.835. The van der Waals surface area contributed by atoms with Gasteiger partial charge < -0.3 is 14.9 Å². The van der Waals surface area contributed by atoms with Crippen LogP contribution in [0.5, 0.6) is 0 Å². The van der Waals surface area contributed by atoms with Gasteiger partial charge in [0.2, 0.25) is 0 Å².